The van der Waals surface area contributed by atoms with Crippen LogP contribution < -0.4 is 0 Å². The number of alkyl halides is 3. The van der Waals surface area contributed by atoms with Crippen molar-refractivity contribution in [3.63, 3.8) is 0 Å². The van der Waals surface area contributed by atoms with Gasteiger partial charge in [0.1, 0.15) is 6.10 Å². The lowest BCUT2D eigenvalue weighted by molar-refractivity contribution is -0.142. The topological polar surface area (TPSA) is 46.5 Å². The Morgan fingerprint density at radius 2 is 1.83 bits per heavy atom. The van der Waals surface area contributed by atoms with Gasteiger partial charge in [0.25, 0.3) is 0 Å². The quantitative estimate of drug-likeness (QED) is 0.827. The number of hydrogen-bond acceptors (Lipinski definition) is 3. The minimum absolute atomic E-state index is 0.257. The Morgan fingerprint density at radius 3 is 2.28 bits per heavy atom. The van der Waals surface area contributed by atoms with Crippen molar-refractivity contribution in [3.05, 3.63) is 47.5 Å². The summed E-state index contributed by atoms with van der Waals surface area (Å²) < 4.78 is 41.7. The van der Waals surface area contributed by atoms with E-state index in [2.05, 4.69) is 0 Å². The lowest BCUT2D eigenvalue weighted by Crippen LogP contribution is -2.18. The SMILES string of the molecule is O=C1C=CC(C(O)c2ccc(C(F)(F)F)cc2)O1. The van der Waals surface area contributed by atoms with Crippen molar-refractivity contribution in [2.75, 3.05) is 0 Å². The Bertz CT molecular complexity index is 476. The van der Waals surface area contributed by atoms with Crippen molar-refractivity contribution >= 4 is 5.97 Å². The number of benzene rings is 1. The highest BCUT2D eigenvalue weighted by Crippen LogP contribution is 2.31. The van der Waals surface area contributed by atoms with Crippen molar-refractivity contribution in [2.45, 2.75) is 18.4 Å². The molecule has 1 N–H and O–H groups in total. The number of aliphatic hydroxyl groups is 1. The maximum absolute atomic E-state index is 12.3. The van der Waals surface area contributed by atoms with Crippen LogP contribution >= 0.6 is 0 Å². The summed E-state index contributed by atoms with van der Waals surface area (Å²) >= 11 is 0. The standard InChI is InChI=1S/C12H9F3O3/c13-12(14,15)8-3-1-7(2-4-8)11(17)9-5-6-10(16)18-9/h1-6,9,11,17H. The van der Waals surface area contributed by atoms with Crippen LogP contribution in [-0.4, -0.2) is 17.2 Å². The zero-order valence-electron chi connectivity index (χ0n) is 9.02. The van der Waals surface area contributed by atoms with E-state index in [9.17, 15) is 23.1 Å². The first-order valence-electron chi connectivity index (χ1n) is 5.12. The smallest absolute Gasteiger partial charge is 0.416 e. The van der Waals surface area contributed by atoms with Crippen LogP contribution in [0.5, 0.6) is 0 Å². The molecule has 0 aromatic heterocycles. The largest absolute Gasteiger partial charge is 0.452 e. The van der Waals surface area contributed by atoms with Crippen molar-refractivity contribution < 1.29 is 27.8 Å². The molecule has 1 aliphatic rings. The second kappa shape index (κ2) is 4.45. The lowest BCUT2D eigenvalue weighted by Gasteiger charge is -2.17. The molecule has 3 nitrogen and oxygen atoms in total. The lowest BCUT2D eigenvalue weighted by atomic mass is 10.0. The minimum Gasteiger partial charge on any atom is -0.452 e. The fourth-order valence-electron chi connectivity index (χ4n) is 1.61. The van der Waals surface area contributed by atoms with Crippen LogP contribution in [0.2, 0.25) is 0 Å². The maximum atomic E-state index is 12.3. The first kappa shape index (κ1) is 12.6. The van der Waals surface area contributed by atoms with Gasteiger partial charge >= 0.3 is 12.1 Å². The Kier molecular flexibility index (Phi) is 3.13. The van der Waals surface area contributed by atoms with E-state index in [0.717, 1.165) is 30.3 Å². The van der Waals surface area contributed by atoms with E-state index in [1.807, 2.05) is 0 Å². The molecule has 0 saturated heterocycles. The molecule has 0 aliphatic carbocycles. The molecule has 0 spiro atoms. The first-order valence-corrected chi connectivity index (χ1v) is 5.12. The van der Waals surface area contributed by atoms with Crippen LogP contribution in [0, 0.1) is 0 Å². The molecule has 18 heavy (non-hydrogen) atoms. The first-order chi connectivity index (χ1) is 8.38. The molecule has 0 saturated carbocycles. The van der Waals surface area contributed by atoms with E-state index in [0.29, 0.717) is 0 Å². The summed E-state index contributed by atoms with van der Waals surface area (Å²) in [4.78, 5) is 10.8. The molecule has 1 aliphatic heterocycles. The summed E-state index contributed by atoms with van der Waals surface area (Å²) in [6, 6.07) is 4.07. The molecule has 6 heteroatoms. The number of rotatable bonds is 2. The van der Waals surface area contributed by atoms with Crippen molar-refractivity contribution in [2.24, 2.45) is 0 Å². The third kappa shape index (κ3) is 2.53. The molecule has 2 rings (SSSR count). The summed E-state index contributed by atoms with van der Waals surface area (Å²) in [5.74, 6) is -0.578. The minimum atomic E-state index is -4.41. The molecular weight excluding hydrogens is 249 g/mol. The normalized spacial score (nSPS) is 20.9. The van der Waals surface area contributed by atoms with E-state index in [4.69, 9.17) is 4.74 Å². The Morgan fingerprint density at radius 1 is 1.22 bits per heavy atom. The van der Waals surface area contributed by atoms with Gasteiger partial charge in [-0.1, -0.05) is 12.1 Å². The van der Waals surface area contributed by atoms with E-state index in [1.54, 1.807) is 0 Å². The van der Waals surface area contributed by atoms with Gasteiger partial charge in [0.15, 0.2) is 6.10 Å². The summed E-state index contributed by atoms with van der Waals surface area (Å²) in [5.41, 5.74) is -0.537. The molecule has 2 atom stereocenters. The van der Waals surface area contributed by atoms with Crippen LogP contribution in [0.1, 0.15) is 17.2 Å². The summed E-state index contributed by atoms with van der Waals surface area (Å²) in [5, 5.41) is 9.82. The number of esters is 1. The number of halogens is 3. The van der Waals surface area contributed by atoms with E-state index >= 15 is 0 Å². The number of hydrogen-bond donors (Lipinski definition) is 1. The molecule has 96 valence electrons. The van der Waals surface area contributed by atoms with E-state index in [1.165, 1.54) is 6.08 Å². The van der Waals surface area contributed by atoms with Gasteiger partial charge in [-0.05, 0) is 23.8 Å². The van der Waals surface area contributed by atoms with Crippen molar-refractivity contribution in [1.82, 2.24) is 0 Å². The Hall–Kier alpha value is -1.82. The van der Waals surface area contributed by atoms with Crippen molar-refractivity contribution in [3.8, 4) is 0 Å². The van der Waals surface area contributed by atoms with Crippen LogP contribution in [0.3, 0.4) is 0 Å². The second-order valence-electron chi connectivity index (χ2n) is 3.83. The Labute approximate surface area is 100 Å². The predicted molar refractivity (Wildman–Crippen MR) is 55.4 cm³/mol. The molecule has 0 radical (unpaired) electrons. The molecule has 2 unspecified atom stereocenters. The monoisotopic (exact) mass is 258 g/mol. The molecule has 0 bridgehead atoms. The van der Waals surface area contributed by atoms with Gasteiger partial charge < -0.3 is 9.84 Å². The van der Waals surface area contributed by atoms with Crippen LogP contribution in [0.25, 0.3) is 0 Å². The van der Waals surface area contributed by atoms with Gasteiger partial charge in [0.05, 0.1) is 5.56 Å². The number of aliphatic hydroxyl groups excluding tert-OH is 1. The second-order valence-corrected chi connectivity index (χ2v) is 3.83. The number of cyclic esters (lactones) is 1. The fraction of sp³-hybridized carbons (Fsp3) is 0.250. The highest BCUT2D eigenvalue weighted by molar-refractivity contribution is 5.84. The molecule has 0 amide bonds. The van der Waals surface area contributed by atoms with Crippen LogP contribution in [0.4, 0.5) is 13.2 Å². The zero-order chi connectivity index (χ0) is 13.3. The van der Waals surface area contributed by atoms with Gasteiger partial charge in [-0.15, -0.1) is 0 Å². The van der Waals surface area contributed by atoms with E-state index in [-0.39, 0.29) is 5.56 Å². The molecule has 1 aromatic carbocycles. The van der Waals surface area contributed by atoms with Gasteiger partial charge in [-0.3, -0.25) is 0 Å². The van der Waals surface area contributed by atoms with Gasteiger partial charge in [-0.25, -0.2) is 4.79 Å². The van der Waals surface area contributed by atoms with Crippen molar-refractivity contribution in [1.29, 1.82) is 0 Å². The molecule has 1 heterocycles. The van der Waals surface area contributed by atoms with Crippen LogP contribution in [-0.2, 0) is 15.7 Å². The van der Waals surface area contributed by atoms with Crippen LogP contribution in [0.15, 0.2) is 36.4 Å². The third-order valence-electron chi connectivity index (χ3n) is 2.56. The Balaban J connectivity index is 2.15. The number of ether oxygens (including phenoxy) is 1. The van der Waals surface area contributed by atoms with Gasteiger partial charge in [0.2, 0.25) is 0 Å². The summed E-state index contributed by atoms with van der Waals surface area (Å²) in [6.45, 7) is 0. The highest BCUT2D eigenvalue weighted by atomic mass is 19.4. The average Bonchev–Trinajstić information content (AvgIpc) is 2.74. The maximum Gasteiger partial charge on any atom is 0.416 e. The number of carbonyl (C=O) groups is 1. The van der Waals surface area contributed by atoms with E-state index < -0.39 is 29.9 Å². The summed E-state index contributed by atoms with van der Waals surface area (Å²) in [7, 11) is 0. The highest BCUT2D eigenvalue weighted by Gasteiger charge is 2.31. The fourth-order valence-corrected chi connectivity index (χ4v) is 1.61. The summed E-state index contributed by atoms with van der Waals surface area (Å²) in [6.07, 6.45) is -3.91. The average molecular weight is 258 g/mol. The zero-order valence-corrected chi connectivity index (χ0v) is 9.02. The molecular formula is C12H9F3O3. The van der Waals surface area contributed by atoms with Gasteiger partial charge in [-0.2, -0.15) is 13.2 Å². The molecule has 1 aromatic rings. The predicted octanol–water partition coefficient (Wildman–Crippen LogP) is 2.22. The van der Waals surface area contributed by atoms with Gasteiger partial charge in [0, 0.05) is 6.08 Å². The number of carbonyl (C=O) groups excluding carboxylic acids is 1. The third-order valence-corrected chi connectivity index (χ3v) is 2.56. The molecule has 0 fully saturated rings.